The quantitative estimate of drug-likeness (QED) is 0.443. The summed E-state index contributed by atoms with van der Waals surface area (Å²) in [5, 5.41) is 3.32. The molecule has 2 aliphatic rings. The van der Waals surface area contributed by atoms with Gasteiger partial charge in [0.05, 0.1) is 12.7 Å². The highest BCUT2D eigenvalue weighted by molar-refractivity contribution is 5.84. The van der Waals surface area contributed by atoms with Gasteiger partial charge in [-0.05, 0) is 19.3 Å². The molecule has 0 saturated carbocycles. The van der Waals surface area contributed by atoms with Gasteiger partial charge in [0.2, 0.25) is 5.91 Å². The van der Waals surface area contributed by atoms with Crippen molar-refractivity contribution in [2.45, 2.75) is 25.4 Å². The predicted octanol–water partition coefficient (Wildman–Crippen LogP) is 0.168. The molecule has 1 N–H and O–H groups in total. The summed E-state index contributed by atoms with van der Waals surface area (Å²) in [6.07, 6.45) is 3.77. The molecule has 2 saturated heterocycles. The largest absolute Gasteiger partial charge is 0.383 e. The SMILES string of the molecule is COCCNC(=NCC(=O)N(C)C)N1CCC2OCCCC2C1. The second kappa shape index (κ2) is 9.08. The number of likely N-dealkylation sites (N-methyl/N-ethyl adjacent to an activating group) is 1. The number of ether oxygens (including phenoxy) is 2. The molecular weight excluding hydrogens is 296 g/mol. The van der Waals surface area contributed by atoms with E-state index in [9.17, 15) is 4.79 Å². The van der Waals surface area contributed by atoms with E-state index in [0.29, 0.717) is 25.2 Å². The van der Waals surface area contributed by atoms with Crippen molar-refractivity contribution in [1.82, 2.24) is 15.1 Å². The molecule has 2 fully saturated rings. The highest BCUT2D eigenvalue weighted by Gasteiger charge is 2.33. The number of carbonyl (C=O) groups excluding carboxylic acids is 1. The molecule has 2 heterocycles. The van der Waals surface area contributed by atoms with Crippen LogP contribution in [0.5, 0.6) is 0 Å². The number of nitrogens with one attached hydrogen (secondary N) is 1. The van der Waals surface area contributed by atoms with Crippen molar-refractivity contribution in [3.05, 3.63) is 0 Å². The number of hydrogen-bond acceptors (Lipinski definition) is 4. The highest BCUT2D eigenvalue weighted by Crippen LogP contribution is 2.28. The van der Waals surface area contributed by atoms with Gasteiger partial charge in [0.25, 0.3) is 0 Å². The number of aliphatic imine (C=N–C) groups is 1. The molecule has 0 aromatic heterocycles. The van der Waals surface area contributed by atoms with Gasteiger partial charge in [-0.2, -0.15) is 0 Å². The second-order valence-electron chi connectivity index (χ2n) is 6.39. The number of methoxy groups -OCH3 is 1. The highest BCUT2D eigenvalue weighted by atomic mass is 16.5. The Morgan fingerprint density at radius 1 is 1.43 bits per heavy atom. The Labute approximate surface area is 139 Å². The third-order valence-corrected chi connectivity index (χ3v) is 4.47. The molecule has 2 rings (SSSR count). The number of nitrogens with zero attached hydrogens (tertiary/aromatic N) is 3. The summed E-state index contributed by atoms with van der Waals surface area (Å²) in [5.41, 5.74) is 0. The number of rotatable bonds is 5. The molecule has 1 amide bonds. The van der Waals surface area contributed by atoms with Crippen LogP contribution in [-0.4, -0.2) is 88.4 Å². The lowest BCUT2D eigenvalue weighted by Gasteiger charge is -2.42. The molecule has 0 aromatic carbocycles. The van der Waals surface area contributed by atoms with Crippen molar-refractivity contribution in [2.24, 2.45) is 10.9 Å². The average molecular weight is 326 g/mol. The first-order valence-corrected chi connectivity index (χ1v) is 8.45. The zero-order chi connectivity index (χ0) is 16.7. The van der Waals surface area contributed by atoms with Crippen LogP contribution in [0.3, 0.4) is 0 Å². The maximum Gasteiger partial charge on any atom is 0.243 e. The molecule has 0 spiro atoms. The van der Waals surface area contributed by atoms with Gasteiger partial charge in [0, 0.05) is 53.4 Å². The standard InChI is InChI=1S/C16H30N4O3/c1-19(2)15(21)11-18-16(17-7-10-22-3)20-8-6-14-13(12-20)5-4-9-23-14/h13-14H,4-12H2,1-3H3,(H,17,18). The van der Waals surface area contributed by atoms with Crippen LogP contribution in [0.25, 0.3) is 0 Å². The topological polar surface area (TPSA) is 66.4 Å². The number of likely N-dealkylation sites (tertiary alicyclic amines) is 1. The van der Waals surface area contributed by atoms with Crippen LogP contribution >= 0.6 is 0 Å². The van der Waals surface area contributed by atoms with E-state index in [1.807, 2.05) is 0 Å². The Kier molecular flexibility index (Phi) is 7.11. The molecule has 7 heteroatoms. The maximum absolute atomic E-state index is 11.8. The summed E-state index contributed by atoms with van der Waals surface area (Å²) in [4.78, 5) is 20.2. The van der Waals surface area contributed by atoms with Gasteiger partial charge in [-0.15, -0.1) is 0 Å². The third kappa shape index (κ3) is 5.35. The Hall–Kier alpha value is -1.34. The summed E-state index contributed by atoms with van der Waals surface area (Å²) >= 11 is 0. The smallest absolute Gasteiger partial charge is 0.243 e. The molecule has 2 atom stereocenters. The molecule has 23 heavy (non-hydrogen) atoms. The van der Waals surface area contributed by atoms with E-state index < -0.39 is 0 Å². The lowest BCUT2D eigenvalue weighted by Crippen LogP contribution is -2.52. The maximum atomic E-state index is 11.8. The number of carbonyl (C=O) groups is 1. The Bertz CT molecular complexity index is 414. The van der Waals surface area contributed by atoms with Crippen molar-refractivity contribution >= 4 is 11.9 Å². The molecule has 2 unspecified atom stereocenters. The van der Waals surface area contributed by atoms with Crippen molar-refractivity contribution in [3.8, 4) is 0 Å². The van der Waals surface area contributed by atoms with Gasteiger partial charge in [0.15, 0.2) is 5.96 Å². The minimum Gasteiger partial charge on any atom is -0.383 e. The molecule has 2 aliphatic heterocycles. The fourth-order valence-electron chi connectivity index (χ4n) is 3.10. The third-order valence-electron chi connectivity index (χ3n) is 4.47. The van der Waals surface area contributed by atoms with Crippen LogP contribution in [0.2, 0.25) is 0 Å². The van der Waals surface area contributed by atoms with E-state index in [1.54, 1.807) is 26.1 Å². The van der Waals surface area contributed by atoms with E-state index in [2.05, 4.69) is 15.2 Å². The molecular formula is C16H30N4O3. The Morgan fingerprint density at radius 2 is 2.26 bits per heavy atom. The van der Waals surface area contributed by atoms with Crippen LogP contribution in [0.15, 0.2) is 4.99 Å². The van der Waals surface area contributed by atoms with E-state index >= 15 is 0 Å². The van der Waals surface area contributed by atoms with E-state index in [1.165, 1.54) is 6.42 Å². The molecule has 0 bridgehead atoms. The number of hydrogen-bond donors (Lipinski definition) is 1. The number of fused-ring (bicyclic) bond motifs is 1. The van der Waals surface area contributed by atoms with Crippen molar-refractivity contribution in [2.75, 3.05) is 60.6 Å². The fourth-order valence-corrected chi connectivity index (χ4v) is 3.10. The molecule has 7 nitrogen and oxygen atoms in total. The van der Waals surface area contributed by atoms with Crippen LogP contribution in [0.1, 0.15) is 19.3 Å². The van der Waals surface area contributed by atoms with E-state index in [0.717, 1.165) is 38.5 Å². The number of guanidine groups is 1. The summed E-state index contributed by atoms with van der Waals surface area (Å²) in [6.45, 7) is 4.22. The molecule has 0 aromatic rings. The Balaban J connectivity index is 1.97. The molecule has 132 valence electrons. The minimum absolute atomic E-state index is 0.00641. The first-order chi connectivity index (χ1) is 11.1. The van der Waals surface area contributed by atoms with Gasteiger partial charge < -0.3 is 24.6 Å². The minimum atomic E-state index is 0.00641. The monoisotopic (exact) mass is 326 g/mol. The summed E-state index contributed by atoms with van der Waals surface area (Å²) in [6, 6.07) is 0. The van der Waals surface area contributed by atoms with Crippen LogP contribution < -0.4 is 5.32 Å². The first kappa shape index (κ1) is 18.0. The van der Waals surface area contributed by atoms with Crippen LogP contribution in [0.4, 0.5) is 0 Å². The van der Waals surface area contributed by atoms with E-state index in [-0.39, 0.29) is 12.5 Å². The summed E-state index contributed by atoms with van der Waals surface area (Å²) in [7, 11) is 5.18. The number of piperidine rings is 1. The Morgan fingerprint density at radius 3 is 3.00 bits per heavy atom. The van der Waals surface area contributed by atoms with Gasteiger partial charge >= 0.3 is 0 Å². The van der Waals surface area contributed by atoms with Gasteiger partial charge in [-0.1, -0.05) is 0 Å². The van der Waals surface area contributed by atoms with Crippen molar-refractivity contribution < 1.29 is 14.3 Å². The average Bonchev–Trinajstić information content (AvgIpc) is 2.57. The van der Waals surface area contributed by atoms with Gasteiger partial charge in [0.1, 0.15) is 6.54 Å². The lowest BCUT2D eigenvalue weighted by molar-refractivity contribution is -0.127. The second-order valence-corrected chi connectivity index (χ2v) is 6.39. The fraction of sp³-hybridized carbons (Fsp3) is 0.875. The summed E-state index contributed by atoms with van der Waals surface area (Å²) < 4.78 is 11.0. The zero-order valence-electron chi connectivity index (χ0n) is 14.6. The normalized spacial score (nSPS) is 25.0. The summed E-state index contributed by atoms with van der Waals surface area (Å²) in [5.74, 6) is 1.38. The van der Waals surface area contributed by atoms with Gasteiger partial charge in [-0.25, -0.2) is 4.99 Å². The molecule has 0 radical (unpaired) electrons. The van der Waals surface area contributed by atoms with Crippen LogP contribution in [0, 0.1) is 5.92 Å². The number of amides is 1. The molecule has 0 aliphatic carbocycles. The van der Waals surface area contributed by atoms with Crippen LogP contribution in [-0.2, 0) is 14.3 Å². The lowest BCUT2D eigenvalue weighted by atomic mass is 9.88. The van der Waals surface area contributed by atoms with Gasteiger partial charge in [-0.3, -0.25) is 4.79 Å². The first-order valence-electron chi connectivity index (χ1n) is 8.45. The predicted molar refractivity (Wildman–Crippen MR) is 89.5 cm³/mol. The van der Waals surface area contributed by atoms with Crippen molar-refractivity contribution in [1.29, 1.82) is 0 Å². The van der Waals surface area contributed by atoms with Crippen molar-refractivity contribution in [3.63, 3.8) is 0 Å². The van der Waals surface area contributed by atoms with E-state index in [4.69, 9.17) is 9.47 Å². The zero-order valence-corrected chi connectivity index (χ0v) is 14.6.